The maximum Gasteiger partial charge on any atom is 0.0637 e. The largest absolute Gasteiger partial charge is 0.383 e. The molecule has 18 heavy (non-hydrogen) atoms. The number of aromatic nitrogens is 1. The molecule has 0 saturated heterocycles. The molecular weight excluding hydrogens is 226 g/mol. The number of nitrogens with two attached hydrogens (primary N) is 1. The van der Waals surface area contributed by atoms with E-state index in [-0.39, 0.29) is 6.04 Å². The average Bonchev–Trinajstić information content (AvgIpc) is 2.38. The van der Waals surface area contributed by atoms with Crippen molar-refractivity contribution < 1.29 is 4.74 Å². The summed E-state index contributed by atoms with van der Waals surface area (Å²) >= 11 is 0. The molecule has 0 bridgehead atoms. The topological polar surface area (TPSA) is 51.4 Å². The number of hydrogen-bond donors (Lipinski definition) is 1. The van der Waals surface area contributed by atoms with Crippen LogP contribution in [0.25, 0.3) is 0 Å². The average molecular weight is 251 g/mol. The lowest BCUT2D eigenvalue weighted by Gasteiger charge is -2.28. The molecule has 1 rings (SSSR count). The minimum Gasteiger partial charge on any atom is -0.383 e. The molecule has 4 heteroatoms. The van der Waals surface area contributed by atoms with Crippen molar-refractivity contribution in [3.05, 3.63) is 24.0 Å². The van der Waals surface area contributed by atoms with Gasteiger partial charge in [-0.1, -0.05) is 6.92 Å². The summed E-state index contributed by atoms with van der Waals surface area (Å²) in [4.78, 5) is 6.73. The number of pyridine rings is 1. The first kappa shape index (κ1) is 14.9. The van der Waals surface area contributed by atoms with Gasteiger partial charge >= 0.3 is 0 Å². The van der Waals surface area contributed by atoms with E-state index in [9.17, 15) is 0 Å². The van der Waals surface area contributed by atoms with Gasteiger partial charge < -0.3 is 15.4 Å². The van der Waals surface area contributed by atoms with E-state index in [0.717, 1.165) is 24.3 Å². The zero-order valence-electron chi connectivity index (χ0n) is 11.9. The van der Waals surface area contributed by atoms with Crippen molar-refractivity contribution in [3.63, 3.8) is 0 Å². The highest BCUT2D eigenvalue weighted by atomic mass is 16.5. The molecule has 2 N–H and O–H groups in total. The maximum atomic E-state index is 5.96. The molecule has 0 saturated carbocycles. The van der Waals surface area contributed by atoms with Crippen LogP contribution in [0.2, 0.25) is 0 Å². The van der Waals surface area contributed by atoms with Crippen molar-refractivity contribution in [1.29, 1.82) is 0 Å². The highest BCUT2D eigenvalue weighted by Gasteiger charge is 2.11. The molecule has 0 amide bonds. The van der Waals surface area contributed by atoms with E-state index in [0.29, 0.717) is 12.6 Å². The Kier molecular flexibility index (Phi) is 6.09. The molecule has 0 fully saturated rings. The highest BCUT2D eigenvalue weighted by molar-refractivity contribution is 5.45. The van der Waals surface area contributed by atoms with Crippen molar-refractivity contribution in [3.8, 4) is 0 Å². The van der Waals surface area contributed by atoms with Gasteiger partial charge in [-0.15, -0.1) is 0 Å². The number of rotatable bonds is 7. The van der Waals surface area contributed by atoms with E-state index in [2.05, 4.69) is 36.7 Å². The second kappa shape index (κ2) is 7.34. The molecular formula is C14H25N3O. The van der Waals surface area contributed by atoms with E-state index >= 15 is 0 Å². The van der Waals surface area contributed by atoms with Gasteiger partial charge in [0.2, 0.25) is 0 Å². The van der Waals surface area contributed by atoms with Crippen LogP contribution in [0.15, 0.2) is 18.3 Å². The van der Waals surface area contributed by atoms with Crippen LogP contribution in [0.1, 0.15) is 38.9 Å². The van der Waals surface area contributed by atoms with Crippen LogP contribution in [0.4, 0.5) is 5.69 Å². The van der Waals surface area contributed by atoms with Gasteiger partial charge in [-0.2, -0.15) is 0 Å². The normalized spacial score (nSPS) is 12.8. The summed E-state index contributed by atoms with van der Waals surface area (Å²) in [6, 6.07) is 4.57. The van der Waals surface area contributed by atoms with E-state index in [1.54, 1.807) is 7.11 Å². The van der Waals surface area contributed by atoms with Crippen molar-refractivity contribution in [2.75, 3.05) is 25.2 Å². The number of ether oxygens (including phenoxy) is 1. The second-order valence-electron chi connectivity index (χ2n) is 4.74. The Morgan fingerprint density at radius 3 is 2.56 bits per heavy atom. The highest BCUT2D eigenvalue weighted by Crippen LogP contribution is 2.18. The minimum atomic E-state index is 0.0329. The molecule has 0 spiro atoms. The van der Waals surface area contributed by atoms with Crippen LogP contribution in [-0.4, -0.2) is 31.3 Å². The van der Waals surface area contributed by atoms with Gasteiger partial charge in [0.15, 0.2) is 0 Å². The number of methoxy groups -OCH3 is 1. The molecule has 0 aliphatic heterocycles. The summed E-state index contributed by atoms with van der Waals surface area (Å²) in [5.74, 6) is 0. The third-order valence-corrected chi connectivity index (χ3v) is 3.08. The van der Waals surface area contributed by atoms with Gasteiger partial charge in [0.25, 0.3) is 0 Å². The van der Waals surface area contributed by atoms with E-state index in [1.165, 1.54) is 0 Å². The Morgan fingerprint density at radius 1 is 1.39 bits per heavy atom. The summed E-state index contributed by atoms with van der Waals surface area (Å²) in [5.41, 5.74) is 8.04. The molecule has 1 unspecified atom stereocenters. The Bertz CT molecular complexity index is 337. The molecule has 1 aromatic heterocycles. The molecule has 0 aromatic carbocycles. The van der Waals surface area contributed by atoms with Crippen molar-refractivity contribution in [2.24, 2.45) is 5.73 Å². The first-order valence-electron chi connectivity index (χ1n) is 6.57. The number of nitrogens with zero attached hydrogens (tertiary/aromatic N) is 2. The lowest BCUT2D eigenvalue weighted by Crippen LogP contribution is -2.33. The molecule has 4 nitrogen and oxygen atoms in total. The SMILES string of the molecule is CCC(N)c1ccc(N(CCOC)C(C)C)cn1. The van der Waals surface area contributed by atoms with E-state index in [4.69, 9.17) is 10.5 Å². The fourth-order valence-electron chi connectivity index (χ4n) is 1.87. The quantitative estimate of drug-likeness (QED) is 0.808. The van der Waals surface area contributed by atoms with Gasteiger partial charge in [0.05, 0.1) is 24.2 Å². The van der Waals surface area contributed by atoms with E-state index in [1.807, 2.05) is 12.3 Å². The van der Waals surface area contributed by atoms with Gasteiger partial charge in [-0.25, -0.2) is 0 Å². The van der Waals surface area contributed by atoms with Crippen molar-refractivity contribution >= 4 is 5.69 Å². The summed E-state index contributed by atoms with van der Waals surface area (Å²) in [5, 5.41) is 0. The summed E-state index contributed by atoms with van der Waals surface area (Å²) < 4.78 is 5.14. The number of anilines is 1. The monoisotopic (exact) mass is 251 g/mol. The van der Waals surface area contributed by atoms with Gasteiger partial charge in [0.1, 0.15) is 0 Å². The van der Waals surface area contributed by atoms with Gasteiger partial charge in [0, 0.05) is 25.7 Å². The predicted octanol–water partition coefficient (Wildman–Crippen LogP) is 2.35. The molecule has 0 radical (unpaired) electrons. The Hall–Kier alpha value is -1.13. The molecule has 0 aliphatic rings. The predicted molar refractivity (Wildman–Crippen MR) is 75.8 cm³/mol. The van der Waals surface area contributed by atoms with Crippen LogP contribution in [0.3, 0.4) is 0 Å². The standard InChI is InChI=1S/C14H25N3O/c1-5-13(15)14-7-6-12(10-16-14)17(11(2)3)8-9-18-4/h6-7,10-11,13H,5,8-9,15H2,1-4H3. The Balaban J connectivity index is 2.80. The fraction of sp³-hybridized carbons (Fsp3) is 0.643. The lowest BCUT2D eigenvalue weighted by molar-refractivity contribution is 0.204. The minimum absolute atomic E-state index is 0.0329. The first-order valence-corrected chi connectivity index (χ1v) is 6.57. The molecule has 1 heterocycles. The summed E-state index contributed by atoms with van der Waals surface area (Å²) in [6.45, 7) is 7.99. The van der Waals surface area contributed by atoms with Gasteiger partial charge in [-0.05, 0) is 32.4 Å². The fourth-order valence-corrected chi connectivity index (χ4v) is 1.87. The summed E-state index contributed by atoms with van der Waals surface area (Å²) in [6.07, 6.45) is 2.81. The van der Waals surface area contributed by atoms with Crippen molar-refractivity contribution in [1.82, 2.24) is 4.98 Å². The Labute approximate surface area is 110 Å². The second-order valence-corrected chi connectivity index (χ2v) is 4.74. The number of hydrogen-bond acceptors (Lipinski definition) is 4. The molecule has 102 valence electrons. The van der Waals surface area contributed by atoms with Crippen LogP contribution in [0.5, 0.6) is 0 Å². The van der Waals surface area contributed by atoms with Crippen LogP contribution >= 0.6 is 0 Å². The Morgan fingerprint density at radius 2 is 2.11 bits per heavy atom. The summed E-state index contributed by atoms with van der Waals surface area (Å²) in [7, 11) is 1.72. The molecule has 1 atom stereocenters. The van der Waals surface area contributed by atoms with Crippen LogP contribution in [0, 0.1) is 0 Å². The zero-order chi connectivity index (χ0) is 13.5. The lowest BCUT2D eigenvalue weighted by atomic mass is 10.1. The molecule has 0 aliphatic carbocycles. The maximum absolute atomic E-state index is 5.96. The smallest absolute Gasteiger partial charge is 0.0637 e. The third kappa shape index (κ3) is 3.96. The van der Waals surface area contributed by atoms with Crippen molar-refractivity contribution in [2.45, 2.75) is 39.3 Å². The van der Waals surface area contributed by atoms with E-state index < -0.39 is 0 Å². The third-order valence-electron chi connectivity index (χ3n) is 3.08. The van der Waals surface area contributed by atoms with Crippen LogP contribution in [-0.2, 0) is 4.74 Å². The van der Waals surface area contributed by atoms with Gasteiger partial charge in [-0.3, -0.25) is 4.98 Å². The molecule has 1 aromatic rings. The zero-order valence-corrected chi connectivity index (χ0v) is 11.9. The first-order chi connectivity index (χ1) is 8.60. The van der Waals surface area contributed by atoms with Crippen LogP contribution < -0.4 is 10.6 Å².